The zero-order chi connectivity index (χ0) is 13.7. The Morgan fingerprint density at radius 1 is 1.16 bits per heavy atom. The third kappa shape index (κ3) is 4.22. The summed E-state index contributed by atoms with van der Waals surface area (Å²) in [5.41, 5.74) is 1.57. The van der Waals surface area contributed by atoms with E-state index in [1.165, 1.54) is 44.1 Å². The van der Waals surface area contributed by atoms with E-state index in [9.17, 15) is 0 Å². The van der Waals surface area contributed by atoms with E-state index in [-0.39, 0.29) is 0 Å². The first-order valence-electron chi connectivity index (χ1n) is 7.10. The van der Waals surface area contributed by atoms with Crippen molar-refractivity contribution in [2.45, 2.75) is 45.4 Å². The highest BCUT2D eigenvalue weighted by Crippen LogP contribution is 2.38. The van der Waals surface area contributed by atoms with Crippen molar-refractivity contribution in [3.05, 3.63) is 28.2 Å². The van der Waals surface area contributed by atoms with Crippen LogP contribution in [0.3, 0.4) is 0 Å². The van der Waals surface area contributed by atoms with Gasteiger partial charge in [-0.1, -0.05) is 47.7 Å². The molecule has 1 aliphatic rings. The standard InChI is InChI=1S/C16H22Br2O/c1-13-6-7-15(14(18)10-13)19-12-16(11-17)8-4-2-3-5-9-16/h6-7,10H,2-5,8-9,11-12H2,1H3. The predicted octanol–water partition coefficient (Wildman–Crippen LogP) is 5.87. The van der Waals surface area contributed by atoms with Gasteiger partial charge in [0.25, 0.3) is 0 Å². The Hall–Kier alpha value is -0.0200. The second-order valence-electron chi connectivity index (χ2n) is 5.77. The fraction of sp³-hybridized carbons (Fsp3) is 0.625. The highest BCUT2D eigenvalue weighted by Gasteiger charge is 2.31. The van der Waals surface area contributed by atoms with Crippen molar-refractivity contribution in [2.24, 2.45) is 5.41 Å². The van der Waals surface area contributed by atoms with E-state index < -0.39 is 0 Å². The van der Waals surface area contributed by atoms with Crippen molar-refractivity contribution in [1.29, 1.82) is 0 Å². The lowest BCUT2D eigenvalue weighted by Crippen LogP contribution is -2.30. The summed E-state index contributed by atoms with van der Waals surface area (Å²) in [6.07, 6.45) is 7.99. The fourth-order valence-electron chi connectivity index (χ4n) is 2.75. The molecule has 0 N–H and O–H groups in total. The molecule has 0 heterocycles. The third-order valence-electron chi connectivity index (χ3n) is 4.07. The van der Waals surface area contributed by atoms with Gasteiger partial charge in [0.05, 0.1) is 11.1 Å². The van der Waals surface area contributed by atoms with Gasteiger partial charge in [-0.05, 0) is 53.4 Å². The van der Waals surface area contributed by atoms with Crippen LogP contribution in [-0.2, 0) is 0 Å². The van der Waals surface area contributed by atoms with Crippen molar-refractivity contribution < 1.29 is 4.74 Å². The maximum Gasteiger partial charge on any atom is 0.133 e. The van der Waals surface area contributed by atoms with Crippen LogP contribution in [0.25, 0.3) is 0 Å². The number of aryl methyl sites for hydroxylation is 1. The monoisotopic (exact) mass is 388 g/mol. The van der Waals surface area contributed by atoms with E-state index >= 15 is 0 Å². The van der Waals surface area contributed by atoms with E-state index in [0.717, 1.165) is 22.2 Å². The van der Waals surface area contributed by atoms with E-state index in [0.29, 0.717) is 5.41 Å². The summed E-state index contributed by atoms with van der Waals surface area (Å²) < 4.78 is 7.17. The molecule has 2 rings (SSSR count). The number of halogens is 2. The zero-order valence-electron chi connectivity index (χ0n) is 11.6. The second-order valence-corrected chi connectivity index (χ2v) is 7.19. The molecule has 0 aromatic heterocycles. The SMILES string of the molecule is Cc1ccc(OCC2(CBr)CCCCCC2)c(Br)c1. The third-order valence-corrected chi connectivity index (χ3v) is 5.88. The fourth-order valence-corrected chi connectivity index (χ4v) is 4.08. The van der Waals surface area contributed by atoms with Crippen molar-refractivity contribution in [1.82, 2.24) is 0 Å². The Balaban J connectivity index is 2.02. The summed E-state index contributed by atoms with van der Waals surface area (Å²) in [6.45, 7) is 2.92. The minimum Gasteiger partial charge on any atom is -0.492 e. The Morgan fingerprint density at radius 3 is 2.42 bits per heavy atom. The molecule has 0 bridgehead atoms. The molecule has 0 aliphatic heterocycles. The van der Waals surface area contributed by atoms with Crippen molar-refractivity contribution in [2.75, 3.05) is 11.9 Å². The molecule has 0 radical (unpaired) electrons. The maximum atomic E-state index is 6.10. The topological polar surface area (TPSA) is 9.23 Å². The van der Waals surface area contributed by atoms with E-state index in [4.69, 9.17) is 4.74 Å². The number of rotatable bonds is 4. The average Bonchev–Trinajstić information content (AvgIpc) is 2.64. The summed E-state index contributed by atoms with van der Waals surface area (Å²) in [4.78, 5) is 0. The quantitative estimate of drug-likeness (QED) is 0.462. The van der Waals surface area contributed by atoms with Gasteiger partial charge in [-0.15, -0.1) is 0 Å². The first-order chi connectivity index (χ1) is 9.15. The Bertz CT molecular complexity index is 409. The second kappa shape index (κ2) is 7.12. The van der Waals surface area contributed by atoms with Crippen molar-refractivity contribution in [3.8, 4) is 5.75 Å². The number of benzene rings is 1. The molecular weight excluding hydrogens is 368 g/mol. The number of hydrogen-bond donors (Lipinski definition) is 0. The van der Waals surface area contributed by atoms with Crippen molar-refractivity contribution >= 4 is 31.9 Å². The highest BCUT2D eigenvalue weighted by atomic mass is 79.9. The van der Waals surface area contributed by atoms with Crippen LogP contribution in [0.1, 0.15) is 44.1 Å². The minimum absolute atomic E-state index is 0.320. The molecule has 0 spiro atoms. The first-order valence-corrected chi connectivity index (χ1v) is 9.02. The summed E-state index contributed by atoms with van der Waals surface area (Å²) in [5.74, 6) is 0.968. The molecule has 3 heteroatoms. The lowest BCUT2D eigenvalue weighted by Gasteiger charge is -2.30. The lowest BCUT2D eigenvalue weighted by atomic mass is 9.83. The van der Waals surface area contributed by atoms with Gasteiger partial charge >= 0.3 is 0 Å². The maximum absolute atomic E-state index is 6.10. The molecule has 1 nitrogen and oxygen atoms in total. The van der Waals surface area contributed by atoms with Crippen LogP contribution >= 0.6 is 31.9 Å². The molecular formula is C16H22Br2O. The molecule has 0 unspecified atom stereocenters. The summed E-state index contributed by atoms with van der Waals surface area (Å²) in [6, 6.07) is 6.29. The molecule has 0 atom stereocenters. The minimum atomic E-state index is 0.320. The Morgan fingerprint density at radius 2 is 1.84 bits per heavy atom. The van der Waals surface area contributed by atoms with Gasteiger partial charge in [0.1, 0.15) is 5.75 Å². The van der Waals surface area contributed by atoms with Gasteiger partial charge in [0.15, 0.2) is 0 Å². The highest BCUT2D eigenvalue weighted by molar-refractivity contribution is 9.10. The zero-order valence-corrected chi connectivity index (χ0v) is 14.7. The molecule has 1 aliphatic carbocycles. The summed E-state index contributed by atoms with van der Waals surface area (Å²) >= 11 is 7.31. The molecule has 1 aromatic rings. The number of ether oxygens (including phenoxy) is 1. The van der Waals surface area contributed by atoms with Gasteiger partial charge in [0.2, 0.25) is 0 Å². The van der Waals surface area contributed by atoms with Crippen LogP contribution < -0.4 is 4.74 Å². The van der Waals surface area contributed by atoms with Gasteiger partial charge in [-0.3, -0.25) is 0 Å². The van der Waals surface area contributed by atoms with Crippen LogP contribution in [0.4, 0.5) is 0 Å². The van der Waals surface area contributed by atoms with Crippen LogP contribution in [0.5, 0.6) is 5.75 Å². The van der Waals surface area contributed by atoms with Gasteiger partial charge in [-0.2, -0.15) is 0 Å². The summed E-state index contributed by atoms with van der Waals surface area (Å²) in [7, 11) is 0. The Labute approximate surface area is 133 Å². The average molecular weight is 390 g/mol. The number of alkyl halides is 1. The normalized spacial score (nSPS) is 18.9. The summed E-state index contributed by atoms with van der Waals surface area (Å²) in [5, 5.41) is 1.05. The van der Waals surface area contributed by atoms with Gasteiger partial charge in [0, 0.05) is 10.7 Å². The molecule has 19 heavy (non-hydrogen) atoms. The molecule has 1 saturated carbocycles. The van der Waals surface area contributed by atoms with E-state index in [1.54, 1.807) is 0 Å². The molecule has 1 fully saturated rings. The molecule has 0 amide bonds. The van der Waals surface area contributed by atoms with E-state index in [2.05, 4.69) is 57.0 Å². The molecule has 0 saturated heterocycles. The smallest absolute Gasteiger partial charge is 0.133 e. The number of hydrogen-bond acceptors (Lipinski definition) is 1. The van der Waals surface area contributed by atoms with Crippen LogP contribution in [0.15, 0.2) is 22.7 Å². The van der Waals surface area contributed by atoms with Crippen LogP contribution in [0, 0.1) is 12.3 Å². The Kier molecular flexibility index (Phi) is 5.76. The largest absolute Gasteiger partial charge is 0.492 e. The van der Waals surface area contributed by atoms with Crippen LogP contribution in [0.2, 0.25) is 0 Å². The predicted molar refractivity (Wildman–Crippen MR) is 88.3 cm³/mol. The van der Waals surface area contributed by atoms with Gasteiger partial charge in [-0.25, -0.2) is 0 Å². The van der Waals surface area contributed by atoms with E-state index in [1.807, 2.05) is 0 Å². The first kappa shape index (κ1) is 15.4. The molecule has 106 valence electrons. The van der Waals surface area contributed by atoms with Crippen molar-refractivity contribution in [3.63, 3.8) is 0 Å². The van der Waals surface area contributed by atoms with Crippen LogP contribution in [-0.4, -0.2) is 11.9 Å². The lowest BCUT2D eigenvalue weighted by molar-refractivity contribution is 0.148. The molecule has 1 aromatic carbocycles. The van der Waals surface area contributed by atoms with Gasteiger partial charge < -0.3 is 4.74 Å².